The van der Waals surface area contributed by atoms with Crippen molar-refractivity contribution < 1.29 is 23.4 Å². The highest BCUT2D eigenvalue weighted by atomic mass is 19.1. The number of hydrogen-bond donors (Lipinski definition) is 2. The Kier molecular flexibility index (Phi) is 5.06. The van der Waals surface area contributed by atoms with Crippen LogP contribution in [-0.2, 0) is 4.79 Å². The van der Waals surface area contributed by atoms with E-state index in [4.69, 9.17) is 4.74 Å². The van der Waals surface area contributed by atoms with Gasteiger partial charge in [-0.25, -0.2) is 8.78 Å². The van der Waals surface area contributed by atoms with Gasteiger partial charge in [-0.1, -0.05) is 12.1 Å². The Morgan fingerprint density at radius 3 is 2.73 bits per heavy atom. The van der Waals surface area contributed by atoms with Crippen molar-refractivity contribution in [3.63, 3.8) is 0 Å². The monoisotopic (exact) mass is 307 g/mol. The zero-order chi connectivity index (χ0) is 16.1. The predicted octanol–water partition coefficient (Wildman–Crippen LogP) is 3.04. The minimum atomic E-state index is -1.33. The van der Waals surface area contributed by atoms with Crippen LogP contribution in [0.15, 0.2) is 42.5 Å². The zero-order valence-electron chi connectivity index (χ0n) is 11.8. The van der Waals surface area contributed by atoms with Crippen LogP contribution < -0.4 is 10.1 Å². The second-order valence-corrected chi connectivity index (χ2v) is 4.67. The standard InChI is InChI=1S/C16H15F2NO3/c1-10(20)19-14-4-2-3-5-16(14)22-9-15(21)12-8-11(17)6-7-13(12)18/h2-8,15,21H,9H2,1H3,(H,19,20). The maximum Gasteiger partial charge on any atom is 0.221 e. The first kappa shape index (κ1) is 15.9. The molecule has 22 heavy (non-hydrogen) atoms. The van der Waals surface area contributed by atoms with E-state index in [0.29, 0.717) is 11.4 Å². The second kappa shape index (κ2) is 7.00. The smallest absolute Gasteiger partial charge is 0.221 e. The first-order valence-electron chi connectivity index (χ1n) is 6.60. The average molecular weight is 307 g/mol. The normalized spacial score (nSPS) is 11.8. The van der Waals surface area contributed by atoms with Gasteiger partial charge in [0.15, 0.2) is 0 Å². The van der Waals surface area contributed by atoms with Crippen molar-refractivity contribution in [1.82, 2.24) is 0 Å². The molecule has 0 aromatic heterocycles. The van der Waals surface area contributed by atoms with Gasteiger partial charge in [-0.3, -0.25) is 4.79 Å². The number of para-hydroxylation sites is 2. The fraction of sp³-hybridized carbons (Fsp3) is 0.188. The highest BCUT2D eigenvalue weighted by Gasteiger charge is 2.15. The van der Waals surface area contributed by atoms with E-state index >= 15 is 0 Å². The molecule has 0 saturated carbocycles. The summed E-state index contributed by atoms with van der Waals surface area (Å²) < 4.78 is 32.1. The number of aliphatic hydroxyl groups excluding tert-OH is 1. The van der Waals surface area contributed by atoms with Crippen molar-refractivity contribution in [2.45, 2.75) is 13.0 Å². The van der Waals surface area contributed by atoms with Gasteiger partial charge >= 0.3 is 0 Å². The summed E-state index contributed by atoms with van der Waals surface area (Å²) in [4.78, 5) is 11.1. The lowest BCUT2D eigenvalue weighted by molar-refractivity contribution is -0.114. The van der Waals surface area contributed by atoms with Gasteiger partial charge in [0.2, 0.25) is 5.91 Å². The van der Waals surface area contributed by atoms with E-state index < -0.39 is 17.7 Å². The lowest BCUT2D eigenvalue weighted by atomic mass is 10.1. The number of carbonyl (C=O) groups is 1. The molecule has 116 valence electrons. The molecule has 0 saturated heterocycles. The predicted molar refractivity (Wildman–Crippen MR) is 77.6 cm³/mol. The molecular formula is C16H15F2NO3. The molecule has 0 bridgehead atoms. The molecule has 4 nitrogen and oxygen atoms in total. The molecule has 2 rings (SSSR count). The van der Waals surface area contributed by atoms with Crippen molar-refractivity contribution in [3.8, 4) is 5.75 Å². The van der Waals surface area contributed by atoms with Gasteiger partial charge in [-0.15, -0.1) is 0 Å². The topological polar surface area (TPSA) is 58.6 Å². The first-order chi connectivity index (χ1) is 10.5. The van der Waals surface area contributed by atoms with Crippen molar-refractivity contribution in [3.05, 3.63) is 59.7 Å². The van der Waals surface area contributed by atoms with E-state index in [1.165, 1.54) is 6.92 Å². The maximum absolute atomic E-state index is 13.6. The molecule has 2 N–H and O–H groups in total. The molecule has 0 aliphatic carbocycles. The van der Waals surface area contributed by atoms with E-state index in [-0.39, 0.29) is 18.1 Å². The van der Waals surface area contributed by atoms with Crippen LogP contribution >= 0.6 is 0 Å². The average Bonchev–Trinajstić information content (AvgIpc) is 2.48. The number of carbonyl (C=O) groups excluding carboxylic acids is 1. The largest absolute Gasteiger partial charge is 0.488 e. The number of halogens is 2. The first-order valence-corrected chi connectivity index (χ1v) is 6.60. The van der Waals surface area contributed by atoms with Gasteiger partial charge in [0.25, 0.3) is 0 Å². The molecule has 0 heterocycles. The summed E-state index contributed by atoms with van der Waals surface area (Å²) >= 11 is 0. The number of benzene rings is 2. The molecule has 0 spiro atoms. The fourth-order valence-electron chi connectivity index (χ4n) is 1.91. The summed E-state index contributed by atoms with van der Waals surface area (Å²) in [6.45, 7) is 1.07. The lowest BCUT2D eigenvalue weighted by Crippen LogP contribution is -2.13. The molecule has 0 fully saturated rings. The summed E-state index contributed by atoms with van der Waals surface area (Å²) in [5.41, 5.74) is 0.249. The van der Waals surface area contributed by atoms with Gasteiger partial charge in [0.1, 0.15) is 30.1 Å². The van der Waals surface area contributed by atoms with Crippen molar-refractivity contribution in [2.75, 3.05) is 11.9 Å². The SMILES string of the molecule is CC(=O)Nc1ccccc1OCC(O)c1cc(F)ccc1F. The molecule has 2 aromatic carbocycles. The van der Waals surface area contributed by atoms with Crippen LogP contribution in [0.4, 0.5) is 14.5 Å². The van der Waals surface area contributed by atoms with Crippen LogP contribution in [0.2, 0.25) is 0 Å². The molecule has 0 aliphatic heterocycles. The van der Waals surface area contributed by atoms with Crippen molar-refractivity contribution >= 4 is 11.6 Å². The Hall–Kier alpha value is -2.47. The summed E-state index contributed by atoms with van der Waals surface area (Å²) in [6.07, 6.45) is -1.33. The number of amides is 1. The fourth-order valence-corrected chi connectivity index (χ4v) is 1.91. The minimum absolute atomic E-state index is 0.183. The molecule has 0 aliphatic rings. The molecule has 6 heteroatoms. The summed E-state index contributed by atoms with van der Waals surface area (Å²) in [6, 6.07) is 9.46. The van der Waals surface area contributed by atoms with Crippen LogP contribution in [0.3, 0.4) is 0 Å². The molecule has 1 atom stereocenters. The second-order valence-electron chi connectivity index (χ2n) is 4.67. The van der Waals surface area contributed by atoms with Gasteiger partial charge in [-0.2, -0.15) is 0 Å². The Balaban J connectivity index is 2.09. The third kappa shape index (κ3) is 4.02. The number of hydrogen-bond acceptors (Lipinski definition) is 3. The van der Waals surface area contributed by atoms with Crippen LogP contribution in [-0.4, -0.2) is 17.6 Å². The van der Waals surface area contributed by atoms with Crippen molar-refractivity contribution in [2.24, 2.45) is 0 Å². The number of anilines is 1. The third-order valence-corrected chi connectivity index (χ3v) is 2.91. The van der Waals surface area contributed by atoms with Crippen LogP contribution in [0.25, 0.3) is 0 Å². The highest BCUT2D eigenvalue weighted by Crippen LogP contribution is 2.26. The van der Waals surface area contributed by atoms with E-state index in [0.717, 1.165) is 18.2 Å². The molecule has 0 radical (unpaired) electrons. The highest BCUT2D eigenvalue weighted by molar-refractivity contribution is 5.90. The Bertz CT molecular complexity index is 676. The molecular weight excluding hydrogens is 292 g/mol. The number of rotatable bonds is 5. The summed E-state index contributed by atoms with van der Waals surface area (Å²) in [7, 11) is 0. The Labute approximate surface area is 126 Å². The number of aliphatic hydroxyl groups is 1. The number of ether oxygens (including phenoxy) is 1. The van der Waals surface area contributed by atoms with Crippen LogP contribution in [0.1, 0.15) is 18.6 Å². The van der Waals surface area contributed by atoms with E-state index in [9.17, 15) is 18.7 Å². The number of nitrogens with one attached hydrogen (secondary N) is 1. The van der Waals surface area contributed by atoms with Crippen molar-refractivity contribution in [1.29, 1.82) is 0 Å². The summed E-state index contributed by atoms with van der Waals surface area (Å²) in [5.74, 6) is -1.30. The Morgan fingerprint density at radius 2 is 2.00 bits per heavy atom. The van der Waals surface area contributed by atoms with Gasteiger partial charge in [0, 0.05) is 12.5 Å². The van der Waals surface area contributed by atoms with Crippen LogP contribution in [0.5, 0.6) is 5.75 Å². The van der Waals surface area contributed by atoms with Gasteiger partial charge in [-0.05, 0) is 30.3 Å². The molecule has 1 unspecified atom stereocenters. The van der Waals surface area contributed by atoms with E-state index in [1.807, 2.05) is 0 Å². The zero-order valence-corrected chi connectivity index (χ0v) is 11.8. The van der Waals surface area contributed by atoms with Gasteiger partial charge in [0.05, 0.1) is 5.69 Å². The van der Waals surface area contributed by atoms with E-state index in [2.05, 4.69) is 5.32 Å². The minimum Gasteiger partial charge on any atom is -0.488 e. The summed E-state index contributed by atoms with van der Waals surface area (Å²) in [5, 5.41) is 12.5. The molecule has 1 amide bonds. The van der Waals surface area contributed by atoms with Crippen LogP contribution in [0, 0.1) is 11.6 Å². The molecule has 2 aromatic rings. The lowest BCUT2D eigenvalue weighted by Gasteiger charge is -2.16. The van der Waals surface area contributed by atoms with E-state index in [1.54, 1.807) is 24.3 Å². The third-order valence-electron chi connectivity index (χ3n) is 2.91. The maximum atomic E-state index is 13.6. The Morgan fingerprint density at radius 1 is 1.27 bits per heavy atom. The quantitative estimate of drug-likeness (QED) is 0.892. The van der Waals surface area contributed by atoms with Gasteiger partial charge < -0.3 is 15.2 Å².